The lowest BCUT2D eigenvalue weighted by molar-refractivity contribution is -0.150. The summed E-state index contributed by atoms with van der Waals surface area (Å²) >= 11 is 0. The van der Waals surface area contributed by atoms with Crippen LogP contribution in [0.15, 0.2) is 103 Å². The zero-order valence-corrected chi connectivity index (χ0v) is 30.3. The highest BCUT2D eigenvalue weighted by Crippen LogP contribution is 2.60. The number of para-hydroxylation sites is 1. The topological polar surface area (TPSA) is 99.6 Å². The first-order valence-corrected chi connectivity index (χ1v) is 18.1. The number of aliphatic hydroxyl groups is 1. The van der Waals surface area contributed by atoms with E-state index in [0.717, 1.165) is 45.9 Å². The van der Waals surface area contributed by atoms with E-state index in [9.17, 15) is 14.7 Å². The number of β-lactam (4-membered cyclic amide) rings is 1. The largest absolute Gasteiger partial charge is 0.497 e. The number of anilines is 2. The highest BCUT2D eigenvalue weighted by atomic mass is 16.5. The zero-order chi connectivity index (χ0) is 36.6. The second-order valence-electron chi connectivity index (χ2n) is 14.8. The number of benzene rings is 4. The summed E-state index contributed by atoms with van der Waals surface area (Å²) < 4.78 is 12.6. The standard InChI is InChI=1S/C43H47N3O6/c1-29-40(42(2,3)32-16-20-34(51-4)21-17-32)37(26-39(49)44(24-25-47)27-30-10-6-5-7-11-30)52-43(29)35-12-8-9-13-36(35)46(41(43)50)28-31-14-18-33(19-15-31)45-23-22-38(45)48/h5-21,29,37,40,47H,22-28H2,1-4H3/t29-,37+,40-,43+/m0/s1. The second-order valence-corrected chi connectivity index (χ2v) is 14.8. The molecule has 2 saturated heterocycles. The molecular formula is C43H47N3O6. The number of methoxy groups -OCH3 is 1. The fourth-order valence-electron chi connectivity index (χ4n) is 8.69. The molecule has 4 aromatic rings. The third-order valence-corrected chi connectivity index (χ3v) is 11.5. The van der Waals surface area contributed by atoms with Gasteiger partial charge in [0.05, 0.1) is 38.5 Å². The van der Waals surface area contributed by atoms with Gasteiger partial charge in [-0.25, -0.2) is 0 Å². The van der Waals surface area contributed by atoms with Crippen LogP contribution in [0.1, 0.15) is 55.9 Å². The quantitative estimate of drug-likeness (QED) is 0.176. The predicted octanol–water partition coefficient (Wildman–Crippen LogP) is 6.21. The minimum Gasteiger partial charge on any atom is -0.497 e. The Hall–Kier alpha value is -4.99. The summed E-state index contributed by atoms with van der Waals surface area (Å²) in [7, 11) is 1.64. The van der Waals surface area contributed by atoms with Gasteiger partial charge in [0.2, 0.25) is 11.8 Å². The van der Waals surface area contributed by atoms with Gasteiger partial charge in [-0.15, -0.1) is 0 Å². The van der Waals surface area contributed by atoms with Gasteiger partial charge in [-0.3, -0.25) is 14.4 Å². The van der Waals surface area contributed by atoms with E-state index in [0.29, 0.717) is 19.5 Å². The highest BCUT2D eigenvalue weighted by Gasteiger charge is 2.66. The lowest BCUT2D eigenvalue weighted by Crippen LogP contribution is -2.45. The minimum absolute atomic E-state index is 0.0509. The molecule has 2 fully saturated rings. The number of ether oxygens (including phenoxy) is 2. The van der Waals surface area contributed by atoms with Crippen molar-refractivity contribution in [1.82, 2.24) is 4.90 Å². The van der Waals surface area contributed by atoms with Crippen molar-refractivity contribution in [1.29, 1.82) is 0 Å². The zero-order valence-electron chi connectivity index (χ0n) is 30.3. The fraction of sp³-hybridized carbons (Fsp3) is 0.372. The van der Waals surface area contributed by atoms with Gasteiger partial charge in [0.25, 0.3) is 5.91 Å². The molecule has 270 valence electrons. The van der Waals surface area contributed by atoms with Crippen molar-refractivity contribution in [2.45, 2.75) is 63.8 Å². The van der Waals surface area contributed by atoms with Crippen molar-refractivity contribution in [3.63, 3.8) is 0 Å². The number of aliphatic hydroxyl groups excluding tert-OH is 1. The van der Waals surface area contributed by atoms with Gasteiger partial charge >= 0.3 is 0 Å². The molecule has 3 aliphatic heterocycles. The van der Waals surface area contributed by atoms with Gasteiger partial charge in [-0.05, 0) is 52.4 Å². The van der Waals surface area contributed by atoms with E-state index < -0.39 is 17.1 Å². The second kappa shape index (κ2) is 14.2. The van der Waals surface area contributed by atoms with Crippen LogP contribution < -0.4 is 14.5 Å². The van der Waals surface area contributed by atoms with Crippen LogP contribution in [0.5, 0.6) is 5.75 Å². The van der Waals surface area contributed by atoms with Crippen molar-refractivity contribution in [3.05, 3.63) is 125 Å². The van der Waals surface area contributed by atoms with Crippen molar-refractivity contribution >= 4 is 29.1 Å². The number of amides is 3. The van der Waals surface area contributed by atoms with Crippen LogP contribution >= 0.6 is 0 Å². The van der Waals surface area contributed by atoms with Crippen molar-refractivity contribution in [2.24, 2.45) is 11.8 Å². The Kier molecular flexibility index (Phi) is 9.67. The van der Waals surface area contributed by atoms with E-state index >= 15 is 4.79 Å². The number of fused-ring (bicyclic) bond motifs is 2. The molecule has 0 bridgehead atoms. The molecule has 3 amide bonds. The van der Waals surface area contributed by atoms with Crippen LogP contribution in [0.2, 0.25) is 0 Å². The molecule has 0 saturated carbocycles. The smallest absolute Gasteiger partial charge is 0.264 e. The SMILES string of the molecule is COc1ccc(C(C)(C)[C@@H]2[C@@H](CC(=O)N(CCO)Cc3ccccc3)O[C@]3(C(=O)N(Cc4ccc(N5CCC5=O)cc4)c4ccccc43)[C@H]2C)cc1. The van der Waals surface area contributed by atoms with Crippen molar-refractivity contribution in [3.8, 4) is 5.75 Å². The molecule has 7 rings (SSSR count). The van der Waals surface area contributed by atoms with Gasteiger partial charge in [-0.1, -0.05) is 93.6 Å². The molecular weight excluding hydrogens is 654 g/mol. The molecule has 9 nitrogen and oxygen atoms in total. The van der Waals surface area contributed by atoms with E-state index in [1.165, 1.54) is 0 Å². The summed E-state index contributed by atoms with van der Waals surface area (Å²) in [6.07, 6.45) is 0.00742. The predicted molar refractivity (Wildman–Crippen MR) is 200 cm³/mol. The number of hydrogen-bond acceptors (Lipinski definition) is 6. The molecule has 4 aromatic carbocycles. The highest BCUT2D eigenvalue weighted by molar-refractivity contribution is 6.07. The first-order valence-electron chi connectivity index (χ1n) is 18.1. The molecule has 0 radical (unpaired) electrons. The lowest BCUT2D eigenvalue weighted by Gasteiger charge is -2.39. The maximum absolute atomic E-state index is 15.1. The van der Waals surface area contributed by atoms with E-state index in [1.807, 2.05) is 95.9 Å². The Balaban J connectivity index is 1.24. The first-order chi connectivity index (χ1) is 25.1. The number of carbonyl (C=O) groups is 3. The van der Waals surface area contributed by atoms with Crippen molar-refractivity contribution < 1.29 is 29.0 Å². The van der Waals surface area contributed by atoms with Gasteiger partial charge in [0, 0.05) is 49.1 Å². The van der Waals surface area contributed by atoms with Gasteiger partial charge in [0.15, 0.2) is 5.60 Å². The lowest BCUT2D eigenvalue weighted by atomic mass is 9.63. The van der Waals surface area contributed by atoms with E-state index in [1.54, 1.807) is 16.9 Å². The number of rotatable bonds is 12. The molecule has 0 aliphatic carbocycles. The minimum atomic E-state index is -1.32. The van der Waals surface area contributed by atoms with Crippen LogP contribution in [-0.2, 0) is 43.2 Å². The molecule has 0 unspecified atom stereocenters. The van der Waals surface area contributed by atoms with Crippen LogP contribution in [0, 0.1) is 11.8 Å². The Morgan fingerprint density at radius 3 is 2.27 bits per heavy atom. The van der Waals surface area contributed by atoms with Crippen LogP contribution in [-0.4, -0.2) is 60.6 Å². The van der Waals surface area contributed by atoms with Gasteiger partial charge < -0.3 is 29.3 Å². The number of hydrogen-bond donors (Lipinski definition) is 1. The summed E-state index contributed by atoms with van der Waals surface area (Å²) in [4.78, 5) is 46.6. The van der Waals surface area contributed by atoms with E-state index in [4.69, 9.17) is 9.47 Å². The molecule has 4 atom stereocenters. The molecule has 3 aliphatic rings. The molecule has 3 heterocycles. The van der Waals surface area contributed by atoms with Gasteiger partial charge in [-0.2, -0.15) is 0 Å². The number of nitrogens with zero attached hydrogens (tertiary/aromatic N) is 3. The summed E-state index contributed by atoms with van der Waals surface area (Å²) in [6.45, 7) is 7.86. The van der Waals surface area contributed by atoms with E-state index in [2.05, 4.69) is 32.9 Å². The summed E-state index contributed by atoms with van der Waals surface area (Å²) in [5.41, 5.74) is 3.57. The van der Waals surface area contributed by atoms with Crippen LogP contribution in [0.3, 0.4) is 0 Å². The summed E-state index contributed by atoms with van der Waals surface area (Å²) in [6, 6.07) is 33.4. The molecule has 1 spiro atoms. The third kappa shape index (κ3) is 6.16. The number of carbonyl (C=O) groups excluding carboxylic acids is 3. The third-order valence-electron chi connectivity index (χ3n) is 11.5. The maximum Gasteiger partial charge on any atom is 0.264 e. The Morgan fingerprint density at radius 2 is 1.63 bits per heavy atom. The Morgan fingerprint density at radius 1 is 0.942 bits per heavy atom. The average Bonchev–Trinajstić information content (AvgIpc) is 3.58. The summed E-state index contributed by atoms with van der Waals surface area (Å²) in [5.74, 6) is 0.0119. The van der Waals surface area contributed by atoms with Crippen LogP contribution in [0.25, 0.3) is 0 Å². The van der Waals surface area contributed by atoms with Crippen molar-refractivity contribution in [2.75, 3.05) is 36.6 Å². The van der Waals surface area contributed by atoms with E-state index in [-0.39, 0.29) is 49.1 Å². The monoisotopic (exact) mass is 701 g/mol. The molecule has 9 heteroatoms. The average molecular weight is 702 g/mol. The molecule has 1 N–H and O–H groups in total. The first kappa shape index (κ1) is 35.4. The molecule has 0 aromatic heterocycles. The maximum atomic E-state index is 15.1. The summed E-state index contributed by atoms with van der Waals surface area (Å²) in [5, 5.41) is 9.97. The molecule has 52 heavy (non-hydrogen) atoms. The fourth-order valence-corrected chi connectivity index (χ4v) is 8.69. The Bertz CT molecular complexity index is 1930. The van der Waals surface area contributed by atoms with Gasteiger partial charge in [0.1, 0.15) is 5.75 Å². The normalized spacial score (nSPS) is 22.4. The van der Waals surface area contributed by atoms with Crippen LogP contribution in [0.4, 0.5) is 11.4 Å². The Labute approximate surface area is 305 Å².